The van der Waals surface area contributed by atoms with Gasteiger partial charge >= 0.3 is 0 Å². The topological polar surface area (TPSA) is 82.1 Å². The maximum atomic E-state index is 9.60. The third kappa shape index (κ3) is 1.33. The van der Waals surface area contributed by atoms with Crippen molar-refractivity contribution in [2.75, 3.05) is 13.1 Å². The van der Waals surface area contributed by atoms with Gasteiger partial charge in [-0.25, -0.2) is 0 Å². The van der Waals surface area contributed by atoms with Gasteiger partial charge < -0.3 is 20.9 Å². The molecule has 1 aliphatic heterocycles. The minimum Gasteiger partial charge on any atom is -0.408 e. The molecular formula is C8H15N3O2. The summed E-state index contributed by atoms with van der Waals surface area (Å²) < 4.78 is 0. The second-order valence-electron chi connectivity index (χ2n) is 3.93. The highest BCUT2D eigenvalue weighted by Crippen LogP contribution is 2.37. The van der Waals surface area contributed by atoms with Crippen LogP contribution in [0.1, 0.15) is 12.8 Å². The number of aliphatic hydroxyl groups is 1. The monoisotopic (exact) mass is 185 g/mol. The molecule has 74 valence electrons. The standard InChI is InChI=1S/C8H15N3O2/c9-8(10-13)11-3-5-1-2-7(12)6(5)4-11/h5-7,12-13H,1-4H2,(H2,9,10). The third-order valence-corrected chi connectivity index (χ3v) is 3.25. The second kappa shape index (κ2) is 3.06. The van der Waals surface area contributed by atoms with Gasteiger partial charge in [-0.2, -0.15) is 0 Å². The molecule has 0 aromatic carbocycles. The number of rotatable bonds is 0. The maximum Gasteiger partial charge on any atom is 0.233 e. The zero-order valence-corrected chi connectivity index (χ0v) is 7.43. The number of likely N-dealkylation sites (tertiary alicyclic amines) is 1. The van der Waals surface area contributed by atoms with E-state index in [4.69, 9.17) is 10.9 Å². The van der Waals surface area contributed by atoms with Crippen molar-refractivity contribution in [3.63, 3.8) is 0 Å². The molecule has 3 atom stereocenters. The van der Waals surface area contributed by atoms with Crippen LogP contribution in [0.4, 0.5) is 0 Å². The molecule has 5 nitrogen and oxygen atoms in total. The largest absolute Gasteiger partial charge is 0.408 e. The molecule has 2 fully saturated rings. The Labute approximate surface area is 76.8 Å². The Kier molecular flexibility index (Phi) is 2.03. The molecule has 0 amide bonds. The number of oxime groups is 1. The van der Waals surface area contributed by atoms with Crippen molar-refractivity contribution in [3.8, 4) is 0 Å². The number of aliphatic hydroxyl groups excluding tert-OH is 1. The maximum absolute atomic E-state index is 9.60. The van der Waals surface area contributed by atoms with Crippen LogP contribution in [-0.2, 0) is 0 Å². The van der Waals surface area contributed by atoms with Crippen molar-refractivity contribution in [2.24, 2.45) is 22.7 Å². The lowest BCUT2D eigenvalue weighted by atomic mass is 10.00. The molecule has 2 aliphatic rings. The quantitative estimate of drug-likeness (QED) is 0.203. The Bertz CT molecular complexity index is 231. The summed E-state index contributed by atoms with van der Waals surface area (Å²) in [6.45, 7) is 1.54. The summed E-state index contributed by atoms with van der Waals surface area (Å²) in [6.07, 6.45) is 1.77. The zero-order chi connectivity index (χ0) is 9.42. The third-order valence-electron chi connectivity index (χ3n) is 3.25. The molecule has 13 heavy (non-hydrogen) atoms. The fourth-order valence-electron chi connectivity index (χ4n) is 2.49. The summed E-state index contributed by atoms with van der Waals surface area (Å²) in [5.41, 5.74) is 5.47. The summed E-state index contributed by atoms with van der Waals surface area (Å²) in [6, 6.07) is 0. The minimum atomic E-state index is -0.193. The zero-order valence-electron chi connectivity index (χ0n) is 7.43. The van der Waals surface area contributed by atoms with Crippen LogP contribution in [-0.4, -0.2) is 40.4 Å². The van der Waals surface area contributed by atoms with Gasteiger partial charge in [0.15, 0.2) is 0 Å². The van der Waals surface area contributed by atoms with E-state index in [2.05, 4.69) is 5.16 Å². The van der Waals surface area contributed by atoms with E-state index in [1.54, 1.807) is 0 Å². The van der Waals surface area contributed by atoms with Crippen LogP contribution in [0.25, 0.3) is 0 Å². The van der Waals surface area contributed by atoms with Gasteiger partial charge in [-0.3, -0.25) is 0 Å². The van der Waals surface area contributed by atoms with Gasteiger partial charge in [0.25, 0.3) is 0 Å². The lowest BCUT2D eigenvalue weighted by molar-refractivity contribution is 0.129. The van der Waals surface area contributed by atoms with Crippen LogP contribution >= 0.6 is 0 Å². The first-order valence-electron chi connectivity index (χ1n) is 4.63. The van der Waals surface area contributed by atoms with Gasteiger partial charge in [0.1, 0.15) is 0 Å². The predicted octanol–water partition coefficient (Wildman–Crippen LogP) is -0.607. The molecule has 0 spiro atoms. The Morgan fingerprint density at radius 1 is 1.38 bits per heavy atom. The van der Waals surface area contributed by atoms with Crippen molar-refractivity contribution >= 4 is 5.96 Å². The molecule has 5 heteroatoms. The molecule has 1 heterocycles. The smallest absolute Gasteiger partial charge is 0.233 e. The molecule has 1 saturated heterocycles. The van der Waals surface area contributed by atoms with Gasteiger partial charge in [-0.1, -0.05) is 5.16 Å². The highest BCUT2D eigenvalue weighted by atomic mass is 16.4. The van der Waals surface area contributed by atoms with E-state index in [9.17, 15) is 5.11 Å². The van der Waals surface area contributed by atoms with E-state index in [-0.39, 0.29) is 12.1 Å². The first-order chi connectivity index (χ1) is 6.22. The number of guanidine groups is 1. The van der Waals surface area contributed by atoms with E-state index in [0.29, 0.717) is 11.8 Å². The Morgan fingerprint density at radius 2 is 2.15 bits per heavy atom. The summed E-state index contributed by atoms with van der Waals surface area (Å²) in [7, 11) is 0. The molecular weight excluding hydrogens is 170 g/mol. The van der Waals surface area contributed by atoms with Gasteiger partial charge in [0, 0.05) is 19.0 Å². The molecule has 0 aromatic rings. The molecule has 0 radical (unpaired) electrons. The molecule has 1 aliphatic carbocycles. The summed E-state index contributed by atoms with van der Waals surface area (Å²) in [5, 5.41) is 21.0. The highest BCUT2D eigenvalue weighted by molar-refractivity contribution is 5.77. The average Bonchev–Trinajstić information content (AvgIpc) is 2.67. The molecule has 0 aromatic heterocycles. The van der Waals surface area contributed by atoms with E-state index in [1.165, 1.54) is 0 Å². The minimum absolute atomic E-state index is 0.168. The van der Waals surface area contributed by atoms with Crippen molar-refractivity contribution in [3.05, 3.63) is 0 Å². The number of fused-ring (bicyclic) bond motifs is 1. The van der Waals surface area contributed by atoms with Crippen LogP contribution in [0.5, 0.6) is 0 Å². The van der Waals surface area contributed by atoms with Crippen LogP contribution in [0, 0.1) is 11.8 Å². The first kappa shape index (κ1) is 8.62. The van der Waals surface area contributed by atoms with E-state index < -0.39 is 0 Å². The fraction of sp³-hybridized carbons (Fsp3) is 0.875. The van der Waals surface area contributed by atoms with Gasteiger partial charge in [-0.15, -0.1) is 0 Å². The molecule has 2 rings (SSSR count). The summed E-state index contributed by atoms with van der Waals surface area (Å²) >= 11 is 0. The number of hydrogen-bond acceptors (Lipinski definition) is 3. The average molecular weight is 185 g/mol. The van der Waals surface area contributed by atoms with Crippen molar-refractivity contribution in [1.82, 2.24) is 4.90 Å². The predicted molar refractivity (Wildman–Crippen MR) is 47.2 cm³/mol. The van der Waals surface area contributed by atoms with Gasteiger partial charge in [0.2, 0.25) is 5.96 Å². The summed E-state index contributed by atoms with van der Waals surface area (Å²) in [5.74, 6) is 1.01. The Morgan fingerprint density at radius 3 is 2.77 bits per heavy atom. The summed E-state index contributed by atoms with van der Waals surface area (Å²) in [4.78, 5) is 1.83. The van der Waals surface area contributed by atoms with Crippen LogP contribution in [0.15, 0.2) is 5.16 Å². The second-order valence-corrected chi connectivity index (χ2v) is 3.93. The Hall–Kier alpha value is -0.970. The van der Waals surface area contributed by atoms with Gasteiger partial charge in [0.05, 0.1) is 6.10 Å². The van der Waals surface area contributed by atoms with E-state index in [0.717, 1.165) is 25.9 Å². The number of nitrogens with two attached hydrogens (primary N) is 1. The molecule has 4 N–H and O–H groups in total. The van der Waals surface area contributed by atoms with Crippen molar-refractivity contribution < 1.29 is 10.3 Å². The highest BCUT2D eigenvalue weighted by Gasteiger charge is 2.42. The fourth-order valence-corrected chi connectivity index (χ4v) is 2.49. The normalized spacial score (nSPS) is 39.6. The van der Waals surface area contributed by atoms with Crippen LogP contribution < -0.4 is 5.73 Å². The van der Waals surface area contributed by atoms with Crippen molar-refractivity contribution in [1.29, 1.82) is 0 Å². The lowest BCUT2D eigenvalue weighted by Crippen LogP contribution is -2.36. The Balaban J connectivity index is 2.02. The van der Waals surface area contributed by atoms with Crippen LogP contribution in [0.2, 0.25) is 0 Å². The van der Waals surface area contributed by atoms with Crippen molar-refractivity contribution in [2.45, 2.75) is 18.9 Å². The first-order valence-corrected chi connectivity index (χ1v) is 4.63. The van der Waals surface area contributed by atoms with Gasteiger partial charge in [-0.05, 0) is 18.8 Å². The van der Waals surface area contributed by atoms with E-state index in [1.807, 2.05) is 4.90 Å². The number of nitrogens with zero attached hydrogens (tertiary/aromatic N) is 2. The lowest BCUT2D eigenvalue weighted by Gasteiger charge is -2.17. The number of hydrogen-bond donors (Lipinski definition) is 3. The molecule has 0 bridgehead atoms. The molecule has 3 unspecified atom stereocenters. The van der Waals surface area contributed by atoms with Crippen LogP contribution in [0.3, 0.4) is 0 Å². The SMILES string of the molecule is NC(=NO)N1CC2CCC(O)C2C1. The van der Waals surface area contributed by atoms with E-state index >= 15 is 0 Å². The molecule has 1 saturated carbocycles.